The Labute approximate surface area is 135 Å². The highest BCUT2D eigenvalue weighted by Crippen LogP contribution is 2.32. The van der Waals surface area contributed by atoms with E-state index in [4.69, 9.17) is 4.74 Å². The smallest absolute Gasteiger partial charge is 0.275 e. The number of nitrogens with one attached hydrogen (secondary N) is 2. The van der Waals surface area contributed by atoms with Crippen molar-refractivity contribution in [1.29, 1.82) is 0 Å². The highest BCUT2D eigenvalue weighted by molar-refractivity contribution is 7.94. The molecule has 0 unspecified atom stereocenters. The van der Waals surface area contributed by atoms with Gasteiger partial charge in [0.05, 0.1) is 12.8 Å². The maximum absolute atomic E-state index is 14.0. The maximum atomic E-state index is 14.0. The minimum Gasteiger partial charge on any atom is -0.494 e. The van der Waals surface area contributed by atoms with Gasteiger partial charge >= 0.3 is 0 Å². The molecule has 3 rings (SSSR count). The molecular formula is C13H11FN4O3S2. The van der Waals surface area contributed by atoms with E-state index in [0.717, 1.165) is 17.4 Å². The normalized spacial score (nSPS) is 11.4. The topological polar surface area (TPSA) is 97.0 Å². The molecule has 0 saturated carbocycles. The molecule has 10 heteroatoms. The van der Waals surface area contributed by atoms with Crippen LogP contribution < -0.4 is 9.46 Å². The van der Waals surface area contributed by atoms with Crippen LogP contribution in [0.1, 0.15) is 0 Å². The van der Waals surface area contributed by atoms with Crippen LogP contribution in [0.25, 0.3) is 11.4 Å². The van der Waals surface area contributed by atoms with Crippen molar-refractivity contribution in [1.82, 2.24) is 15.2 Å². The molecule has 0 aliphatic rings. The number of halogens is 1. The zero-order valence-electron chi connectivity index (χ0n) is 11.8. The van der Waals surface area contributed by atoms with Crippen molar-refractivity contribution >= 4 is 27.0 Å². The Morgan fingerprint density at radius 3 is 2.87 bits per heavy atom. The minimum absolute atomic E-state index is 0.0236. The number of aromatic nitrogens is 3. The average Bonchev–Trinajstić information content (AvgIpc) is 3.20. The number of anilines is 1. The first-order valence-electron chi connectivity index (χ1n) is 6.31. The van der Waals surface area contributed by atoms with E-state index in [9.17, 15) is 12.8 Å². The lowest BCUT2D eigenvalue weighted by Gasteiger charge is -2.10. The molecule has 2 heterocycles. The molecule has 7 nitrogen and oxygen atoms in total. The van der Waals surface area contributed by atoms with E-state index in [0.29, 0.717) is 11.4 Å². The molecule has 1 aromatic carbocycles. The zero-order chi connectivity index (χ0) is 16.4. The number of thiophene rings is 1. The van der Waals surface area contributed by atoms with Crippen LogP contribution in [0.15, 0.2) is 40.2 Å². The van der Waals surface area contributed by atoms with Gasteiger partial charge in [0.1, 0.15) is 17.9 Å². The fourth-order valence-electron chi connectivity index (χ4n) is 1.92. The number of methoxy groups -OCH3 is 1. The van der Waals surface area contributed by atoms with Gasteiger partial charge in [-0.2, -0.15) is 5.10 Å². The fraction of sp³-hybridized carbons (Fsp3) is 0.0769. The summed E-state index contributed by atoms with van der Waals surface area (Å²) < 4.78 is 46.0. The molecule has 0 spiro atoms. The monoisotopic (exact) mass is 354 g/mol. The molecule has 0 radical (unpaired) electrons. The number of ether oxygens (including phenoxy) is 1. The molecule has 0 atom stereocenters. The number of nitrogens with zero attached hydrogens (tertiary/aromatic N) is 2. The number of hydrogen-bond donors (Lipinski definition) is 2. The van der Waals surface area contributed by atoms with E-state index < -0.39 is 15.8 Å². The van der Waals surface area contributed by atoms with Gasteiger partial charge in [0.2, 0.25) is 0 Å². The number of hydrogen-bond acceptors (Lipinski definition) is 6. The summed E-state index contributed by atoms with van der Waals surface area (Å²) in [6.07, 6.45) is 1.30. The van der Waals surface area contributed by atoms with Gasteiger partial charge in [0.25, 0.3) is 10.0 Å². The van der Waals surface area contributed by atoms with Crippen molar-refractivity contribution in [2.75, 3.05) is 11.8 Å². The standard InChI is InChI=1S/C13H11FN4O3S2/c1-21-11-4-5-22-13(11)23(19,20)18-10-6-8(2-3-9(10)14)12-15-7-16-17-12/h2-7,18H,1H3,(H,15,16,17). The van der Waals surface area contributed by atoms with Crippen LogP contribution in [-0.4, -0.2) is 30.7 Å². The largest absolute Gasteiger partial charge is 0.494 e. The predicted octanol–water partition coefficient (Wildman–Crippen LogP) is 2.48. The molecule has 120 valence electrons. The Bertz CT molecular complexity index is 923. The maximum Gasteiger partial charge on any atom is 0.275 e. The van der Waals surface area contributed by atoms with Crippen LogP contribution in [0.5, 0.6) is 5.75 Å². The van der Waals surface area contributed by atoms with Crippen molar-refractivity contribution in [3.63, 3.8) is 0 Å². The third-order valence-corrected chi connectivity index (χ3v) is 5.77. The lowest BCUT2D eigenvalue weighted by molar-refractivity contribution is 0.406. The SMILES string of the molecule is COc1ccsc1S(=O)(=O)Nc1cc(-c2ncn[nH]2)ccc1F. The van der Waals surface area contributed by atoms with Gasteiger partial charge in [0, 0.05) is 5.56 Å². The van der Waals surface area contributed by atoms with Crippen molar-refractivity contribution in [3.8, 4) is 17.1 Å². The molecule has 3 aromatic rings. The van der Waals surface area contributed by atoms with E-state index >= 15 is 0 Å². The molecule has 0 saturated heterocycles. The van der Waals surface area contributed by atoms with Gasteiger partial charge in [-0.05, 0) is 29.6 Å². The summed E-state index contributed by atoms with van der Waals surface area (Å²) in [7, 11) is -2.60. The van der Waals surface area contributed by atoms with Crippen molar-refractivity contribution < 1.29 is 17.5 Å². The third kappa shape index (κ3) is 3.03. The quantitative estimate of drug-likeness (QED) is 0.734. The second-order valence-corrected chi connectivity index (χ2v) is 7.20. The second kappa shape index (κ2) is 5.97. The van der Waals surface area contributed by atoms with Gasteiger partial charge in [-0.15, -0.1) is 11.3 Å². The fourth-order valence-corrected chi connectivity index (χ4v) is 4.25. The highest BCUT2D eigenvalue weighted by Gasteiger charge is 2.23. The Morgan fingerprint density at radius 2 is 2.17 bits per heavy atom. The molecule has 0 fully saturated rings. The molecule has 0 amide bonds. The van der Waals surface area contributed by atoms with Crippen molar-refractivity contribution in [2.24, 2.45) is 0 Å². The van der Waals surface area contributed by atoms with Gasteiger partial charge in [-0.25, -0.2) is 17.8 Å². The summed E-state index contributed by atoms with van der Waals surface area (Å²) in [5, 5.41) is 7.91. The van der Waals surface area contributed by atoms with Crippen LogP contribution in [-0.2, 0) is 10.0 Å². The predicted molar refractivity (Wildman–Crippen MR) is 83.5 cm³/mol. The molecule has 2 aromatic heterocycles. The highest BCUT2D eigenvalue weighted by atomic mass is 32.2. The summed E-state index contributed by atoms with van der Waals surface area (Å²) >= 11 is 0.982. The number of benzene rings is 1. The molecular weight excluding hydrogens is 343 g/mol. The van der Waals surface area contributed by atoms with Crippen LogP contribution in [0.3, 0.4) is 0 Å². The number of H-pyrrole nitrogens is 1. The van der Waals surface area contributed by atoms with Crippen LogP contribution in [0.2, 0.25) is 0 Å². The summed E-state index contributed by atoms with van der Waals surface area (Å²) in [5.41, 5.74) is 0.314. The Hall–Kier alpha value is -2.46. The molecule has 23 heavy (non-hydrogen) atoms. The Balaban J connectivity index is 1.98. The first-order chi connectivity index (χ1) is 11.0. The summed E-state index contributed by atoms with van der Waals surface area (Å²) in [4.78, 5) is 3.95. The molecule has 0 bridgehead atoms. The average molecular weight is 354 g/mol. The molecule has 0 aliphatic heterocycles. The second-order valence-electron chi connectivity index (χ2n) is 4.41. The zero-order valence-corrected chi connectivity index (χ0v) is 13.4. The van der Waals surface area contributed by atoms with Gasteiger partial charge in [-0.3, -0.25) is 9.82 Å². The number of aromatic amines is 1. The number of rotatable bonds is 5. The Kier molecular flexibility index (Phi) is 4.01. The van der Waals surface area contributed by atoms with Gasteiger partial charge < -0.3 is 4.74 Å². The third-order valence-electron chi connectivity index (χ3n) is 2.96. The van der Waals surface area contributed by atoms with Crippen LogP contribution in [0.4, 0.5) is 10.1 Å². The van der Waals surface area contributed by atoms with E-state index in [2.05, 4.69) is 19.9 Å². The van der Waals surface area contributed by atoms with E-state index in [1.165, 1.54) is 31.6 Å². The summed E-state index contributed by atoms with van der Waals surface area (Å²) in [6, 6.07) is 5.49. The lowest BCUT2D eigenvalue weighted by Crippen LogP contribution is -2.13. The minimum atomic E-state index is -3.96. The first kappa shape index (κ1) is 15.4. The summed E-state index contributed by atoms with van der Waals surface area (Å²) in [6.45, 7) is 0. The lowest BCUT2D eigenvalue weighted by atomic mass is 10.2. The number of sulfonamides is 1. The van der Waals surface area contributed by atoms with E-state index in [1.54, 1.807) is 5.38 Å². The van der Waals surface area contributed by atoms with Crippen LogP contribution in [0, 0.1) is 5.82 Å². The van der Waals surface area contributed by atoms with Crippen LogP contribution >= 0.6 is 11.3 Å². The van der Waals surface area contributed by atoms with Crippen molar-refractivity contribution in [3.05, 3.63) is 41.8 Å². The summed E-state index contributed by atoms with van der Waals surface area (Å²) in [5.74, 6) is -0.0965. The van der Waals surface area contributed by atoms with E-state index in [-0.39, 0.29) is 15.6 Å². The van der Waals surface area contributed by atoms with E-state index in [1.807, 2.05) is 0 Å². The first-order valence-corrected chi connectivity index (χ1v) is 8.67. The molecule has 2 N–H and O–H groups in total. The Morgan fingerprint density at radius 1 is 1.35 bits per heavy atom. The van der Waals surface area contributed by atoms with Crippen molar-refractivity contribution in [2.45, 2.75) is 4.21 Å². The van der Waals surface area contributed by atoms with Gasteiger partial charge in [-0.1, -0.05) is 0 Å². The van der Waals surface area contributed by atoms with Gasteiger partial charge in [0.15, 0.2) is 10.0 Å². The molecule has 0 aliphatic carbocycles.